The molecule has 0 bridgehead atoms. The van der Waals surface area contributed by atoms with E-state index < -0.39 is 29.6 Å². The van der Waals surface area contributed by atoms with Crippen LogP contribution >= 0.6 is 29.6 Å². The zero-order valence-corrected chi connectivity index (χ0v) is 35.8. The Bertz CT molecular complexity index is 2790. The summed E-state index contributed by atoms with van der Waals surface area (Å²) in [6.45, 7) is 0. The van der Waals surface area contributed by atoms with Crippen LogP contribution in [-0.4, -0.2) is 14.7 Å². The van der Waals surface area contributed by atoms with E-state index in [-0.39, 0.29) is 0 Å². The molecule has 0 aliphatic heterocycles. The second-order valence-corrected chi connectivity index (χ2v) is 24.7. The van der Waals surface area contributed by atoms with Gasteiger partial charge in [0.2, 0.25) is 7.49 Å². The van der Waals surface area contributed by atoms with Crippen LogP contribution in [0.4, 0.5) is 0 Å². The fourth-order valence-electron chi connectivity index (χ4n) is 8.16. The Balaban J connectivity index is 1.69. The molecule has 0 aliphatic rings. The Labute approximate surface area is 348 Å². The molecule has 0 atom stereocenters. The van der Waals surface area contributed by atoms with E-state index in [4.69, 9.17) is 0 Å². The molecule has 0 unspecified atom stereocenters. The highest BCUT2D eigenvalue weighted by Crippen LogP contribution is 2.61. The lowest BCUT2D eigenvalue weighted by molar-refractivity contribution is 0.629. The van der Waals surface area contributed by atoms with Crippen molar-refractivity contribution in [3.8, 4) is 0 Å². The van der Waals surface area contributed by atoms with Crippen molar-refractivity contribution in [2.24, 2.45) is 0 Å². The molecule has 9 aromatic rings. The van der Waals surface area contributed by atoms with Crippen LogP contribution in [0.3, 0.4) is 0 Å². The smallest absolute Gasteiger partial charge is 0.240 e. The summed E-state index contributed by atoms with van der Waals surface area (Å²) in [4.78, 5) is 44.6. The molecule has 0 spiro atoms. The Hall–Kier alpha value is -5.16. The van der Waals surface area contributed by atoms with Crippen molar-refractivity contribution in [2.45, 2.75) is 0 Å². The molecule has 0 radical (unpaired) electrons. The first-order chi connectivity index (χ1) is 29.0. The maximum absolute atomic E-state index is 14.4. The Kier molecular flexibility index (Phi) is 11.2. The van der Waals surface area contributed by atoms with Crippen molar-refractivity contribution in [1.82, 2.24) is 0 Å². The first kappa shape index (κ1) is 39.3. The highest BCUT2D eigenvalue weighted by molar-refractivity contribution is 7.94. The van der Waals surface area contributed by atoms with Crippen LogP contribution in [0.15, 0.2) is 243 Å². The van der Waals surface area contributed by atoms with Gasteiger partial charge in [0, 0.05) is 31.5 Å². The van der Waals surface area contributed by atoms with Gasteiger partial charge in [0.05, 0.1) is 19.2 Å². The van der Waals surface area contributed by atoms with Crippen LogP contribution in [0, 0.1) is 9.88 Å². The number of hydrogen-bond acceptors (Lipinski definition) is 3. The summed E-state index contributed by atoms with van der Waals surface area (Å²) in [6, 6.07) is 80.8. The molecule has 0 aromatic heterocycles. The van der Waals surface area contributed by atoms with Gasteiger partial charge in [-0.15, -0.1) is 0 Å². The monoisotopic (exact) mass is 839 g/mol. The van der Waals surface area contributed by atoms with Crippen LogP contribution in [-0.2, 0) is 0 Å². The second kappa shape index (κ2) is 16.8. The zero-order valence-electron chi connectivity index (χ0n) is 32.2. The van der Waals surface area contributed by atoms with Gasteiger partial charge in [0.25, 0.3) is 0 Å². The minimum Gasteiger partial charge on any atom is -0.366 e. The molecule has 9 rings (SSSR count). The largest absolute Gasteiger partial charge is 0.366 e. The van der Waals surface area contributed by atoms with Gasteiger partial charge >= 0.3 is 0 Å². The molecular weight excluding hydrogens is 796 g/mol. The fraction of sp³-hybridized carbons (Fsp3) is 0. The molecule has 288 valence electrons. The third-order valence-electron chi connectivity index (χ3n) is 10.9. The Morgan fingerprint density at radius 1 is 0.322 bits per heavy atom. The van der Waals surface area contributed by atoms with Crippen molar-refractivity contribution >= 4 is 82.7 Å². The Morgan fingerprint density at radius 2 is 0.576 bits per heavy atom. The minimum atomic E-state index is -3.66. The van der Waals surface area contributed by atoms with Gasteiger partial charge < -0.3 is 9.79 Å². The van der Waals surface area contributed by atoms with Gasteiger partial charge in [-0.2, -0.15) is 0 Å². The molecule has 59 heavy (non-hydrogen) atoms. The normalized spacial score (nSPS) is 12.1. The highest BCUT2D eigenvalue weighted by Gasteiger charge is 2.54. The van der Waals surface area contributed by atoms with Crippen LogP contribution in [0.2, 0.25) is 0 Å². The summed E-state index contributed by atoms with van der Waals surface area (Å²) in [5.74, 6) is 0. The predicted molar refractivity (Wildman–Crippen MR) is 258 cm³/mol. The lowest BCUT2D eigenvalue weighted by Gasteiger charge is -2.36. The molecule has 0 fully saturated rings. The van der Waals surface area contributed by atoms with E-state index in [2.05, 4.69) is 48.5 Å². The average molecular weight is 840 g/mol. The van der Waals surface area contributed by atoms with Crippen LogP contribution < -0.4 is 53.0 Å². The number of rotatable bonds is 10. The SMILES string of the molecule is OP(c1ccccc1)(c1ccccc1)=c1c(P(c2ccccc2)c2ccccc2)c([P+](O)(c2ccccc2)c2ccccc2)c1=P(O)(c1ccccc1)c1ccccc1. The first-order valence-corrected chi connectivity index (χ1v) is 26.1. The molecule has 0 amide bonds. The van der Waals surface area contributed by atoms with E-state index in [0.717, 1.165) is 58.0 Å². The summed E-state index contributed by atoms with van der Waals surface area (Å²) in [5.41, 5.74) is 0. The maximum Gasteiger partial charge on any atom is 0.240 e. The summed E-state index contributed by atoms with van der Waals surface area (Å²) in [7, 11) is -12.3. The Morgan fingerprint density at radius 3 is 0.881 bits per heavy atom. The van der Waals surface area contributed by atoms with Gasteiger partial charge in [0.15, 0.2) is 5.30 Å². The minimum absolute atomic E-state index is 0.649. The third-order valence-corrected chi connectivity index (χ3v) is 23.7. The van der Waals surface area contributed by atoms with E-state index in [9.17, 15) is 14.7 Å². The lowest BCUT2D eigenvalue weighted by Crippen LogP contribution is -2.47. The van der Waals surface area contributed by atoms with Gasteiger partial charge in [0.1, 0.15) is 10.6 Å². The van der Waals surface area contributed by atoms with Crippen molar-refractivity contribution < 1.29 is 14.7 Å². The molecule has 9 aromatic carbocycles. The van der Waals surface area contributed by atoms with E-state index in [1.807, 2.05) is 194 Å². The van der Waals surface area contributed by atoms with Gasteiger partial charge in [-0.3, -0.25) is 0 Å². The molecular formula is C52H43O3P4+. The number of benzene rings is 8. The lowest BCUT2D eigenvalue weighted by atomic mass is 10.3. The van der Waals surface area contributed by atoms with E-state index in [1.54, 1.807) is 0 Å². The summed E-state index contributed by atoms with van der Waals surface area (Å²) in [6.07, 6.45) is 0. The summed E-state index contributed by atoms with van der Waals surface area (Å²) in [5, 5.41) is 8.42. The standard InChI is InChI=1S/C52H43O3P4/c53-57(43-29-13-3-14-30-43,44-31-15-4-16-32-44)50-49(56(41-25-9-1-10-26-41)42-27-11-2-12-28-42)51(58(54,45-33-17-5-18-34-45)46-35-19-6-20-36-46)52(50)59(55,47-37-21-7-22-38-47)48-39-23-8-24-40-48/h1-40,53-55H/q+1. The maximum atomic E-state index is 14.4. The second-order valence-electron chi connectivity index (χ2n) is 14.3. The highest BCUT2D eigenvalue weighted by atomic mass is 31.2. The molecule has 0 saturated heterocycles. The quantitative estimate of drug-likeness (QED) is 0.124. The van der Waals surface area contributed by atoms with Crippen LogP contribution in [0.5, 0.6) is 0 Å². The van der Waals surface area contributed by atoms with E-state index in [0.29, 0.717) is 4.94 Å². The molecule has 0 saturated carbocycles. The number of hydrogen-bond donors (Lipinski definition) is 3. The molecule has 0 aliphatic carbocycles. The molecule has 3 nitrogen and oxygen atoms in total. The van der Waals surface area contributed by atoms with Crippen molar-refractivity contribution in [2.75, 3.05) is 0 Å². The summed E-state index contributed by atoms with van der Waals surface area (Å²) >= 11 is 0. The van der Waals surface area contributed by atoms with E-state index >= 15 is 0 Å². The third kappa shape index (κ3) is 6.89. The molecule has 3 N–H and O–H groups in total. The van der Waals surface area contributed by atoms with Gasteiger partial charge in [-0.1, -0.05) is 218 Å². The predicted octanol–water partition coefficient (Wildman–Crippen LogP) is 7.74. The first-order valence-electron chi connectivity index (χ1n) is 19.6. The molecule has 7 heteroatoms. The van der Waals surface area contributed by atoms with Crippen molar-refractivity contribution in [1.29, 1.82) is 0 Å². The fourth-order valence-corrected chi connectivity index (χ4v) is 22.7. The van der Waals surface area contributed by atoms with E-state index in [1.165, 1.54) is 0 Å². The molecule has 0 heterocycles. The summed E-state index contributed by atoms with van der Waals surface area (Å²) < 4.78 is 0. The average Bonchev–Trinajstić information content (AvgIpc) is 3.32. The van der Waals surface area contributed by atoms with Crippen LogP contribution in [0.25, 0.3) is 0 Å². The topological polar surface area (TPSA) is 60.7 Å². The van der Waals surface area contributed by atoms with Crippen molar-refractivity contribution in [3.05, 3.63) is 253 Å². The zero-order chi connectivity index (χ0) is 40.3. The van der Waals surface area contributed by atoms with Gasteiger partial charge in [-0.25, -0.2) is 4.89 Å². The van der Waals surface area contributed by atoms with Crippen molar-refractivity contribution in [3.63, 3.8) is 0 Å². The van der Waals surface area contributed by atoms with Crippen LogP contribution in [0.1, 0.15) is 0 Å². The van der Waals surface area contributed by atoms with Gasteiger partial charge in [-0.05, 0) is 42.8 Å².